The predicted octanol–water partition coefficient (Wildman–Crippen LogP) is 3.80. The number of hydrogen-bond donors (Lipinski definition) is 1. The van der Waals surface area contributed by atoms with Gasteiger partial charge in [-0.05, 0) is 43.8 Å². The number of nitrogens with zero attached hydrogens (tertiary/aromatic N) is 1. The van der Waals surface area contributed by atoms with E-state index in [2.05, 4.69) is 44.3 Å². The first kappa shape index (κ1) is 17.7. The SMILES string of the molecule is CN(C)C(CNC(=O)CCc1cccc(Br)c1)c1ccccc1. The van der Waals surface area contributed by atoms with Gasteiger partial charge < -0.3 is 10.2 Å². The standard InChI is InChI=1S/C19H23BrN2O/c1-22(2)18(16-8-4-3-5-9-16)14-21-19(23)12-11-15-7-6-10-17(20)13-15/h3-10,13,18H,11-12,14H2,1-2H3,(H,21,23). The molecule has 0 aliphatic carbocycles. The second kappa shape index (κ2) is 8.85. The van der Waals surface area contributed by atoms with Crippen LogP contribution in [0.2, 0.25) is 0 Å². The molecule has 1 atom stereocenters. The third kappa shape index (κ3) is 5.81. The molecule has 0 heterocycles. The Hall–Kier alpha value is -1.65. The van der Waals surface area contributed by atoms with Gasteiger partial charge in [-0.1, -0.05) is 58.4 Å². The summed E-state index contributed by atoms with van der Waals surface area (Å²) in [6.45, 7) is 0.619. The van der Waals surface area contributed by atoms with Crippen LogP contribution in [-0.4, -0.2) is 31.4 Å². The van der Waals surface area contributed by atoms with Gasteiger partial charge in [0.1, 0.15) is 0 Å². The third-order valence-corrected chi connectivity index (χ3v) is 4.32. The quantitative estimate of drug-likeness (QED) is 0.799. The zero-order valence-corrected chi connectivity index (χ0v) is 15.2. The Labute approximate surface area is 146 Å². The average Bonchev–Trinajstić information content (AvgIpc) is 2.54. The molecule has 2 aromatic rings. The lowest BCUT2D eigenvalue weighted by molar-refractivity contribution is -0.121. The molecule has 0 bridgehead atoms. The summed E-state index contributed by atoms with van der Waals surface area (Å²) in [6, 6.07) is 18.5. The fourth-order valence-electron chi connectivity index (χ4n) is 2.52. The van der Waals surface area contributed by atoms with E-state index in [0.29, 0.717) is 13.0 Å². The van der Waals surface area contributed by atoms with E-state index in [1.54, 1.807) is 0 Å². The first-order valence-electron chi connectivity index (χ1n) is 7.79. The molecule has 23 heavy (non-hydrogen) atoms. The van der Waals surface area contributed by atoms with Gasteiger partial charge in [0.25, 0.3) is 0 Å². The summed E-state index contributed by atoms with van der Waals surface area (Å²) in [5.74, 6) is 0.0905. The summed E-state index contributed by atoms with van der Waals surface area (Å²) >= 11 is 3.45. The molecule has 3 nitrogen and oxygen atoms in total. The number of hydrogen-bond acceptors (Lipinski definition) is 2. The molecule has 1 amide bonds. The molecular formula is C19H23BrN2O. The molecule has 0 radical (unpaired) electrons. The van der Waals surface area contributed by atoms with E-state index in [1.165, 1.54) is 11.1 Å². The van der Waals surface area contributed by atoms with Crippen LogP contribution < -0.4 is 5.32 Å². The summed E-state index contributed by atoms with van der Waals surface area (Å²) in [5.41, 5.74) is 2.38. The van der Waals surface area contributed by atoms with Crippen LogP contribution in [0.1, 0.15) is 23.6 Å². The van der Waals surface area contributed by atoms with Crippen LogP contribution in [0.15, 0.2) is 59.1 Å². The van der Waals surface area contributed by atoms with E-state index in [1.807, 2.05) is 50.5 Å². The van der Waals surface area contributed by atoms with E-state index in [9.17, 15) is 4.79 Å². The molecule has 4 heteroatoms. The van der Waals surface area contributed by atoms with Crippen LogP contribution in [0.5, 0.6) is 0 Å². The number of rotatable bonds is 7. The third-order valence-electron chi connectivity index (χ3n) is 3.83. The van der Waals surface area contributed by atoms with Crippen LogP contribution >= 0.6 is 15.9 Å². The molecular weight excluding hydrogens is 352 g/mol. The molecule has 0 aliphatic heterocycles. The number of carbonyl (C=O) groups is 1. The highest BCUT2D eigenvalue weighted by molar-refractivity contribution is 9.10. The number of amides is 1. The molecule has 0 spiro atoms. The van der Waals surface area contributed by atoms with Gasteiger partial charge in [-0.25, -0.2) is 0 Å². The van der Waals surface area contributed by atoms with Crippen LogP contribution in [-0.2, 0) is 11.2 Å². The molecule has 2 rings (SSSR count). The summed E-state index contributed by atoms with van der Waals surface area (Å²) in [4.78, 5) is 14.2. The fourth-order valence-corrected chi connectivity index (χ4v) is 2.97. The average molecular weight is 375 g/mol. The topological polar surface area (TPSA) is 32.3 Å². The second-order valence-corrected chi connectivity index (χ2v) is 6.74. The lowest BCUT2D eigenvalue weighted by Gasteiger charge is -2.25. The van der Waals surface area contributed by atoms with Crippen molar-refractivity contribution in [3.63, 3.8) is 0 Å². The van der Waals surface area contributed by atoms with Crippen LogP contribution in [0.3, 0.4) is 0 Å². The van der Waals surface area contributed by atoms with E-state index < -0.39 is 0 Å². The normalized spacial score (nSPS) is 12.2. The van der Waals surface area contributed by atoms with E-state index in [4.69, 9.17) is 0 Å². The number of aryl methyl sites for hydroxylation is 1. The molecule has 0 saturated heterocycles. The monoisotopic (exact) mass is 374 g/mol. The lowest BCUT2D eigenvalue weighted by Crippen LogP contribution is -2.34. The Kier molecular flexibility index (Phi) is 6.81. The van der Waals surface area contributed by atoms with E-state index >= 15 is 0 Å². The minimum Gasteiger partial charge on any atom is -0.354 e. The Morgan fingerprint density at radius 1 is 1.13 bits per heavy atom. The summed E-state index contributed by atoms with van der Waals surface area (Å²) < 4.78 is 1.05. The highest BCUT2D eigenvalue weighted by Gasteiger charge is 2.14. The summed E-state index contributed by atoms with van der Waals surface area (Å²) in [5, 5.41) is 3.06. The highest BCUT2D eigenvalue weighted by atomic mass is 79.9. The summed E-state index contributed by atoms with van der Waals surface area (Å²) in [6.07, 6.45) is 1.26. The Bertz CT molecular complexity index is 628. The lowest BCUT2D eigenvalue weighted by atomic mass is 10.1. The fraction of sp³-hybridized carbons (Fsp3) is 0.316. The molecule has 2 aromatic carbocycles. The van der Waals surface area contributed by atoms with Gasteiger partial charge in [-0.15, -0.1) is 0 Å². The van der Waals surface area contributed by atoms with Gasteiger partial charge in [-0.2, -0.15) is 0 Å². The molecule has 1 unspecified atom stereocenters. The van der Waals surface area contributed by atoms with Gasteiger partial charge in [0, 0.05) is 17.4 Å². The van der Waals surface area contributed by atoms with Crippen LogP contribution in [0, 0.1) is 0 Å². The number of likely N-dealkylation sites (N-methyl/N-ethyl adjacent to an activating group) is 1. The molecule has 0 saturated carbocycles. The van der Waals surface area contributed by atoms with Gasteiger partial charge in [0.05, 0.1) is 6.04 Å². The van der Waals surface area contributed by atoms with Crippen LogP contribution in [0.25, 0.3) is 0 Å². The van der Waals surface area contributed by atoms with E-state index in [-0.39, 0.29) is 11.9 Å². The molecule has 1 N–H and O–H groups in total. The van der Waals surface area contributed by atoms with Crippen molar-refractivity contribution < 1.29 is 4.79 Å². The minimum absolute atomic E-state index is 0.0905. The second-order valence-electron chi connectivity index (χ2n) is 5.82. The van der Waals surface area contributed by atoms with Crippen molar-refractivity contribution in [1.29, 1.82) is 0 Å². The van der Waals surface area contributed by atoms with Crippen molar-refractivity contribution in [2.45, 2.75) is 18.9 Å². The van der Waals surface area contributed by atoms with Crippen molar-refractivity contribution in [3.05, 3.63) is 70.2 Å². The number of halogens is 1. The van der Waals surface area contributed by atoms with E-state index in [0.717, 1.165) is 10.9 Å². The molecule has 0 aromatic heterocycles. The van der Waals surface area contributed by atoms with Crippen LogP contribution in [0.4, 0.5) is 0 Å². The highest BCUT2D eigenvalue weighted by Crippen LogP contribution is 2.17. The van der Waals surface area contributed by atoms with Crippen molar-refractivity contribution in [2.75, 3.05) is 20.6 Å². The zero-order chi connectivity index (χ0) is 16.7. The largest absolute Gasteiger partial charge is 0.354 e. The maximum Gasteiger partial charge on any atom is 0.220 e. The molecule has 0 fully saturated rings. The Morgan fingerprint density at radius 2 is 1.87 bits per heavy atom. The van der Waals surface area contributed by atoms with Crippen molar-refractivity contribution in [1.82, 2.24) is 10.2 Å². The maximum absolute atomic E-state index is 12.1. The van der Waals surface area contributed by atoms with Gasteiger partial charge in [-0.3, -0.25) is 4.79 Å². The first-order valence-corrected chi connectivity index (χ1v) is 8.58. The molecule has 122 valence electrons. The number of nitrogens with one attached hydrogen (secondary N) is 1. The molecule has 0 aliphatic rings. The predicted molar refractivity (Wildman–Crippen MR) is 98.3 cm³/mol. The van der Waals surface area contributed by atoms with Crippen molar-refractivity contribution in [3.8, 4) is 0 Å². The number of benzene rings is 2. The maximum atomic E-state index is 12.1. The smallest absolute Gasteiger partial charge is 0.220 e. The van der Waals surface area contributed by atoms with Gasteiger partial charge in [0.2, 0.25) is 5.91 Å². The van der Waals surface area contributed by atoms with Gasteiger partial charge >= 0.3 is 0 Å². The Balaban J connectivity index is 1.85. The first-order chi connectivity index (χ1) is 11.1. The zero-order valence-electron chi connectivity index (χ0n) is 13.6. The van der Waals surface area contributed by atoms with Crippen molar-refractivity contribution >= 4 is 21.8 Å². The minimum atomic E-state index is 0.0905. The van der Waals surface area contributed by atoms with Gasteiger partial charge in [0.15, 0.2) is 0 Å². The van der Waals surface area contributed by atoms with Crippen molar-refractivity contribution in [2.24, 2.45) is 0 Å². The number of carbonyl (C=O) groups excluding carboxylic acids is 1. The Morgan fingerprint density at radius 3 is 2.52 bits per heavy atom. The summed E-state index contributed by atoms with van der Waals surface area (Å²) in [7, 11) is 4.07.